The van der Waals surface area contributed by atoms with Gasteiger partial charge in [-0.25, -0.2) is 4.68 Å². The first-order valence-corrected chi connectivity index (χ1v) is 6.94. The van der Waals surface area contributed by atoms with Crippen LogP contribution in [0, 0.1) is 0 Å². The average Bonchev–Trinajstić information content (AvgIpc) is 3.06. The van der Waals surface area contributed by atoms with Gasteiger partial charge in [-0.1, -0.05) is 24.2 Å². The standard InChI is InChI=1S/C13H20N6O2/c1-9(2)11-6-13(21-17-11)15-12(20)8-19-7-10(16-18-19)4-3-5-14/h6-7,9H,3-5,8,14H2,1-2H3,(H,15,20). The number of carbonyl (C=O) groups excluding carboxylic acids is 1. The van der Waals surface area contributed by atoms with E-state index in [4.69, 9.17) is 10.3 Å². The lowest BCUT2D eigenvalue weighted by molar-refractivity contribution is -0.117. The van der Waals surface area contributed by atoms with Crippen molar-refractivity contribution in [3.8, 4) is 0 Å². The van der Waals surface area contributed by atoms with Crippen LogP contribution < -0.4 is 11.1 Å². The summed E-state index contributed by atoms with van der Waals surface area (Å²) in [7, 11) is 0. The Morgan fingerprint density at radius 2 is 2.33 bits per heavy atom. The van der Waals surface area contributed by atoms with E-state index in [-0.39, 0.29) is 18.4 Å². The molecule has 0 aliphatic heterocycles. The van der Waals surface area contributed by atoms with Crippen LogP contribution in [0.25, 0.3) is 0 Å². The van der Waals surface area contributed by atoms with Crippen molar-refractivity contribution in [2.45, 2.75) is 39.2 Å². The molecule has 8 heteroatoms. The van der Waals surface area contributed by atoms with Crippen molar-refractivity contribution >= 4 is 11.8 Å². The minimum absolute atomic E-state index is 0.0767. The highest BCUT2D eigenvalue weighted by Gasteiger charge is 2.11. The molecular formula is C13H20N6O2. The summed E-state index contributed by atoms with van der Waals surface area (Å²) in [6.07, 6.45) is 3.36. The number of aryl methyl sites for hydroxylation is 1. The van der Waals surface area contributed by atoms with Crippen LogP contribution in [0.15, 0.2) is 16.8 Å². The predicted molar refractivity (Wildman–Crippen MR) is 76.6 cm³/mol. The normalized spacial score (nSPS) is 11.0. The van der Waals surface area contributed by atoms with Crippen molar-refractivity contribution in [2.75, 3.05) is 11.9 Å². The number of amides is 1. The molecule has 1 amide bonds. The molecule has 3 N–H and O–H groups in total. The van der Waals surface area contributed by atoms with E-state index in [0.717, 1.165) is 24.2 Å². The van der Waals surface area contributed by atoms with Gasteiger partial charge in [0, 0.05) is 12.3 Å². The molecule has 0 unspecified atom stereocenters. The fraction of sp³-hybridized carbons (Fsp3) is 0.538. The third-order valence-corrected chi connectivity index (χ3v) is 2.91. The summed E-state index contributed by atoms with van der Waals surface area (Å²) >= 11 is 0. The molecule has 0 saturated carbocycles. The van der Waals surface area contributed by atoms with E-state index in [1.54, 1.807) is 12.3 Å². The summed E-state index contributed by atoms with van der Waals surface area (Å²) in [5.41, 5.74) is 7.07. The second-order valence-electron chi connectivity index (χ2n) is 5.12. The Morgan fingerprint density at radius 1 is 1.52 bits per heavy atom. The van der Waals surface area contributed by atoms with Gasteiger partial charge in [-0.2, -0.15) is 0 Å². The van der Waals surface area contributed by atoms with Crippen LogP contribution in [0.5, 0.6) is 0 Å². The maximum atomic E-state index is 11.9. The molecule has 0 aliphatic rings. The Morgan fingerprint density at radius 3 is 3.00 bits per heavy atom. The Bertz CT molecular complexity index is 589. The highest BCUT2D eigenvalue weighted by atomic mass is 16.5. The molecule has 0 aliphatic carbocycles. The van der Waals surface area contributed by atoms with Gasteiger partial charge in [0.2, 0.25) is 11.8 Å². The van der Waals surface area contributed by atoms with E-state index < -0.39 is 0 Å². The molecule has 0 radical (unpaired) electrons. The van der Waals surface area contributed by atoms with Crippen molar-refractivity contribution in [2.24, 2.45) is 5.73 Å². The van der Waals surface area contributed by atoms with Gasteiger partial charge in [0.15, 0.2) is 0 Å². The molecule has 0 fully saturated rings. The van der Waals surface area contributed by atoms with Crippen LogP contribution in [0.2, 0.25) is 0 Å². The summed E-state index contributed by atoms with van der Waals surface area (Å²) in [5, 5.41) is 14.4. The molecule has 2 aromatic heterocycles. The Kier molecular flexibility index (Phi) is 5.04. The molecule has 21 heavy (non-hydrogen) atoms. The topological polar surface area (TPSA) is 112 Å². The second kappa shape index (κ2) is 6.98. The van der Waals surface area contributed by atoms with Crippen molar-refractivity contribution in [1.29, 1.82) is 0 Å². The predicted octanol–water partition coefficient (Wildman–Crippen LogP) is 0.919. The smallest absolute Gasteiger partial charge is 0.248 e. The fourth-order valence-electron chi connectivity index (χ4n) is 1.76. The molecule has 0 aromatic carbocycles. The first kappa shape index (κ1) is 15.2. The van der Waals surface area contributed by atoms with Crippen molar-refractivity contribution in [1.82, 2.24) is 20.2 Å². The first-order valence-electron chi connectivity index (χ1n) is 6.94. The van der Waals surface area contributed by atoms with Gasteiger partial charge in [-0.3, -0.25) is 10.1 Å². The van der Waals surface area contributed by atoms with Crippen LogP contribution in [0.1, 0.15) is 37.6 Å². The third-order valence-electron chi connectivity index (χ3n) is 2.91. The molecule has 8 nitrogen and oxygen atoms in total. The molecule has 0 saturated heterocycles. The lowest BCUT2D eigenvalue weighted by atomic mass is 10.1. The van der Waals surface area contributed by atoms with E-state index >= 15 is 0 Å². The van der Waals surface area contributed by atoms with E-state index in [1.165, 1.54) is 4.68 Å². The summed E-state index contributed by atoms with van der Waals surface area (Å²) in [6.45, 7) is 4.69. The lowest BCUT2D eigenvalue weighted by Crippen LogP contribution is -2.18. The number of hydrogen-bond acceptors (Lipinski definition) is 6. The molecule has 0 atom stereocenters. The summed E-state index contributed by atoms with van der Waals surface area (Å²) in [4.78, 5) is 11.9. The number of nitrogens with zero attached hydrogens (tertiary/aromatic N) is 4. The van der Waals surface area contributed by atoms with Gasteiger partial charge < -0.3 is 10.3 Å². The van der Waals surface area contributed by atoms with Gasteiger partial charge in [-0.05, 0) is 25.3 Å². The maximum Gasteiger partial charge on any atom is 0.248 e. The number of anilines is 1. The quantitative estimate of drug-likeness (QED) is 0.784. The van der Waals surface area contributed by atoms with Crippen LogP contribution in [0.4, 0.5) is 5.88 Å². The average molecular weight is 292 g/mol. The number of carbonyl (C=O) groups is 1. The van der Waals surface area contributed by atoms with E-state index in [1.807, 2.05) is 13.8 Å². The van der Waals surface area contributed by atoms with Gasteiger partial charge >= 0.3 is 0 Å². The van der Waals surface area contributed by atoms with Crippen molar-refractivity contribution < 1.29 is 9.32 Å². The highest BCUT2D eigenvalue weighted by Crippen LogP contribution is 2.17. The van der Waals surface area contributed by atoms with Gasteiger partial charge in [0.05, 0.1) is 11.4 Å². The fourth-order valence-corrected chi connectivity index (χ4v) is 1.76. The van der Waals surface area contributed by atoms with Crippen LogP contribution in [-0.4, -0.2) is 32.6 Å². The largest absolute Gasteiger partial charge is 0.338 e. The van der Waals surface area contributed by atoms with Crippen LogP contribution in [-0.2, 0) is 17.8 Å². The van der Waals surface area contributed by atoms with E-state index in [2.05, 4.69) is 20.8 Å². The molecule has 2 aromatic rings. The number of rotatable bonds is 7. The number of nitrogens with two attached hydrogens (primary N) is 1. The maximum absolute atomic E-state index is 11.9. The minimum Gasteiger partial charge on any atom is -0.338 e. The van der Waals surface area contributed by atoms with Gasteiger partial charge in [-0.15, -0.1) is 5.10 Å². The molecule has 114 valence electrons. The zero-order valence-electron chi connectivity index (χ0n) is 12.2. The zero-order valence-corrected chi connectivity index (χ0v) is 12.2. The number of nitrogens with one attached hydrogen (secondary N) is 1. The second-order valence-corrected chi connectivity index (χ2v) is 5.12. The van der Waals surface area contributed by atoms with Crippen LogP contribution >= 0.6 is 0 Å². The van der Waals surface area contributed by atoms with Crippen LogP contribution in [0.3, 0.4) is 0 Å². The molecule has 2 rings (SSSR count). The number of hydrogen-bond donors (Lipinski definition) is 2. The number of aromatic nitrogens is 4. The van der Waals surface area contributed by atoms with Crippen molar-refractivity contribution in [3.63, 3.8) is 0 Å². The Labute approximate surface area is 122 Å². The van der Waals surface area contributed by atoms with E-state index in [0.29, 0.717) is 12.4 Å². The summed E-state index contributed by atoms with van der Waals surface area (Å²) < 4.78 is 6.54. The van der Waals surface area contributed by atoms with Crippen molar-refractivity contribution in [3.05, 3.63) is 23.7 Å². The Balaban J connectivity index is 1.87. The SMILES string of the molecule is CC(C)c1cc(NC(=O)Cn2cc(CCCN)nn2)on1. The van der Waals surface area contributed by atoms with Gasteiger partial charge in [0.1, 0.15) is 6.54 Å². The Hall–Kier alpha value is -2.22. The zero-order chi connectivity index (χ0) is 15.2. The summed E-state index contributed by atoms with van der Waals surface area (Å²) in [5.74, 6) is 0.351. The molecule has 0 bridgehead atoms. The first-order chi connectivity index (χ1) is 10.1. The lowest BCUT2D eigenvalue weighted by Gasteiger charge is -2.00. The molecule has 0 spiro atoms. The summed E-state index contributed by atoms with van der Waals surface area (Å²) in [6, 6.07) is 1.72. The molecular weight excluding hydrogens is 272 g/mol. The third kappa shape index (κ3) is 4.38. The minimum atomic E-state index is -0.239. The monoisotopic (exact) mass is 292 g/mol. The molecule has 2 heterocycles. The van der Waals surface area contributed by atoms with Gasteiger partial charge in [0.25, 0.3) is 0 Å². The van der Waals surface area contributed by atoms with E-state index in [9.17, 15) is 4.79 Å². The highest BCUT2D eigenvalue weighted by molar-refractivity contribution is 5.89.